The molecule has 0 spiro atoms. The minimum absolute atomic E-state index is 0.208. The highest BCUT2D eigenvalue weighted by Gasteiger charge is 2.13. The van der Waals surface area contributed by atoms with Gasteiger partial charge in [0.2, 0.25) is 0 Å². The van der Waals surface area contributed by atoms with E-state index in [9.17, 15) is 4.79 Å². The van der Waals surface area contributed by atoms with E-state index in [0.717, 1.165) is 16.9 Å². The van der Waals surface area contributed by atoms with Gasteiger partial charge in [-0.1, -0.05) is 17.7 Å². The maximum Gasteiger partial charge on any atom is 0.276 e. The summed E-state index contributed by atoms with van der Waals surface area (Å²) >= 11 is 6.21. The first-order chi connectivity index (χ1) is 12.0. The zero-order valence-electron chi connectivity index (χ0n) is 13.8. The second-order valence-electron chi connectivity index (χ2n) is 5.63. The van der Waals surface area contributed by atoms with E-state index in [0.29, 0.717) is 23.1 Å². The Morgan fingerprint density at radius 1 is 1.20 bits per heavy atom. The second kappa shape index (κ2) is 7.36. The van der Waals surface area contributed by atoms with Gasteiger partial charge >= 0.3 is 0 Å². The normalized spacial score (nSPS) is 10.5. The van der Waals surface area contributed by atoms with Crippen molar-refractivity contribution in [3.63, 3.8) is 0 Å². The number of carbonyl (C=O) groups excluding carboxylic acids is 1. The van der Waals surface area contributed by atoms with Crippen LogP contribution in [0.1, 0.15) is 27.4 Å². The molecule has 0 saturated carbocycles. The molecular weight excluding hydrogens is 340 g/mol. The number of aryl methyl sites for hydroxylation is 2. The minimum Gasteiger partial charge on any atom is -0.467 e. The maximum atomic E-state index is 12.4. The summed E-state index contributed by atoms with van der Waals surface area (Å²) in [5, 5.41) is 14.3. The van der Waals surface area contributed by atoms with Gasteiger partial charge in [0.25, 0.3) is 5.91 Å². The molecule has 0 aliphatic rings. The number of hydrogen-bond donors (Lipinski definition) is 2. The van der Waals surface area contributed by atoms with Gasteiger partial charge in [-0.2, -0.15) is 0 Å². The number of rotatable bonds is 5. The van der Waals surface area contributed by atoms with Crippen LogP contribution in [0.3, 0.4) is 0 Å². The van der Waals surface area contributed by atoms with E-state index < -0.39 is 0 Å². The number of nitrogens with one attached hydrogen (secondary N) is 2. The Morgan fingerprint density at radius 3 is 2.68 bits per heavy atom. The molecule has 0 atom stereocenters. The molecule has 3 aromatic rings. The number of benzene rings is 1. The number of halogens is 1. The van der Waals surface area contributed by atoms with E-state index in [2.05, 4.69) is 20.8 Å². The van der Waals surface area contributed by atoms with Crippen molar-refractivity contribution in [2.24, 2.45) is 0 Å². The smallest absolute Gasteiger partial charge is 0.276 e. The van der Waals surface area contributed by atoms with Gasteiger partial charge in [0.1, 0.15) is 11.6 Å². The highest BCUT2D eigenvalue weighted by molar-refractivity contribution is 6.34. The molecule has 0 bridgehead atoms. The lowest BCUT2D eigenvalue weighted by atomic mass is 10.1. The van der Waals surface area contributed by atoms with Crippen molar-refractivity contribution in [2.45, 2.75) is 20.4 Å². The number of aromatic nitrogens is 2. The first kappa shape index (κ1) is 17.0. The lowest BCUT2D eigenvalue weighted by molar-refractivity contribution is 0.102. The Kier molecular flexibility index (Phi) is 5.00. The number of furan rings is 1. The maximum absolute atomic E-state index is 12.4. The van der Waals surface area contributed by atoms with Crippen LogP contribution in [0, 0.1) is 13.8 Å². The predicted molar refractivity (Wildman–Crippen MR) is 96.9 cm³/mol. The Morgan fingerprint density at radius 2 is 2.04 bits per heavy atom. The molecule has 0 aliphatic heterocycles. The summed E-state index contributed by atoms with van der Waals surface area (Å²) in [6.07, 6.45) is 1.61. The number of hydrogen-bond acceptors (Lipinski definition) is 5. The molecule has 0 fully saturated rings. The van der Waals surface area contributed by atoms with E-state index in [-0.39, 0.29) is 11.6 Å². The number of nitrogens with zero attached hydrogens (tertiary/aromatic N) is 2. The van der Waals surface area contributed by atoms with Crippen LogP contribution in [0.15, 0.2) is 47.1 Å². The largest absolute Gasteiger partial charge is 0.467 e. The standard InChI is InChI=1S/C18H17ClN4O2/c1-11-8-12(2)17(14(19)9-11)21-18(24)15-5-6-16(23-22-15)20-10-13-4-3-7-25-13/h3-9H,10H2,1-2H3,(H,20,23)(H,21,24). The van der Waals surface area contributed by atoms with Gasteiger partial charge in [0.05, 0.1) is 23.5 Å². The van der Waals surface area contributed by atoms with E-state index in [1.54, 1.807) is 24.5 Å². The molecule has 0 unspecified atom stereocenters. The third-order valence-corrected chi connectivity index (χ3v) is 3.89. The summed E-state index contributed by atoms with van der Waals surface area (Å²) in [5.41, 5.74) is 2.72. The van der Waals surface area contributed by atoms with Gasteiger partial charge in [-0.3, -0.25) is 4.79 Å². The summed E-state index contributed by atoms with van der Waals surface area (Å²) in [7, 11) is 0. The molecule has 1 aromatic carbocycles. The van der Waals surface area contributed by atoms with Gasteiger partial charge in [0, 0.05) is 0 Å². The quantitative estimate of drug-likeness (QED) is 0.716. The van der Waals surface area contributed by atoms with E-state index in [4.69, 9.17) is 16.0 Å². The number of carbonyl (C=O) groups is 1. The summed E-state index contributed by atoms with van der Waals surface area (Å²) < 4.78 is 5.23. The lowest BCUT2D eigenvalue weighted by Gasteiger charge is -2.11. The highest BCUT2D eigenvalue weighted by atomic mass is 35.5. The molecule has 1 amide bonds. The van der Waals surface area contributed by atoms with Crippen molar-refractivity contribution in [2.75, 3.05) is 10.6 Å². The molecule has 7 heteroatoms. The molecule has 2 N–H and O–H groups in total. The van der Waals surface area contributed by atoms with Gasteiger partial charge in [-0.05, 0) is 55.3 Å². The van der Waals surface area contributed by atoms with Crippen molar-refractivity contribution < 1.29 is 9.21 Å². The van der Waals surface area contributed by atoms with Crippen LogP contribution in [0.4, 0.5) is 11.5 Å². The minimum atomic E-state index is -0.362. The second-order valence-corrected chi connectivity index (χ2v) is 6.04. The number of anilines is 2. The SMILES string of the molecule is Cc1cc(C)c(NC(=O)c2ccc(NCc3ccco3)nn2)c(Cl)c1. The fourth-order valence-electron chi connectivity index (χ4n) is 2.39. The van der Waals surface area contributed by atoms with Gasteiger partial charge < -0.3 is 15.1 Å². The highest BCUT2D eigenvalue weighted by Crippen LogP contribution is 2.27. The molecule has 0 aliphatic carbocycles. The van der Waals surface area contributed by atoms with Gasteiger partial charge in [-0.15, -0.1) is 10.2 Å². The Hall–Kier alpha value is -2.86. The fourth-order valence-corrected chi connectivity index (χ4v) is 2.76. The van der Waals surface area contributed by atoms with Crippen LogP contribution in [-0.4, -0.2) is 16.1 Å². The third-order valence-electron chi connectivity index (χ3n) is 3.59. The third kappa shape index (κ3) is 4.16. The van der Waals surface area contributed by atoms with Crippen LogP contribution in [0.25, 0.3) is 0 Å². The van der Waals surface area contributed by atoms with Crippen molar-refractivity contribution in [1.29, 1.82) is 0 Å². The number of amides is 1. The summed E-state index contributed by atoms with van der Waals surface area (Å²) in [6.45, 7) is 4.33. The van der Waals surface area contributed by atoms with E-state index in [1.807, 2.05) is 32.0 Å². The molecule has 3 rings (SSSR count). The van der Waals surface area contributed by atoms with E-state index >= 15 is 0 Å². The van der Waals surface area contributed by atoms with E-state index in [1.165, 1.54) is 0 Å². The van der Waals surface area contributed by atoms with Crippen LogP contribution < -0.4 is 10.6 Å². The topological polar surface area (TPSA) is 80.0 Å². The fraction of sp³-hybridized carbons (Fsp3) is 0.167. The first-order valence-electron chi connectivity index (χ1n) is 7.71. The molecule has 128 valence electrons. The lowest BCUT2D eigenvalue weighted by Crippen LogP contribution is -2.16. The zero-order valence-corrected chi connectivity index (χ0v) is 14.6. The Balaban J connectivity index is 1.66. The van der Waals surface area contributed by atoms with Crippen molar-refractivity contribution in [1.82, 2.24) is 10.2 Å². The van der Waals surface area contributed by atoms with Crippen LogP contribution in [0.5, 0.6) is 0 Å². The predicted octanol–water partition coefficient (Wildman–Crippen LogP) is 4.20. The molecular formula is C18H17ClN4O2. The Bertz CT molecular complexity index is 854. The summed E-state index contributed by atoms with van der Waals surface area (Å²) in [4.78, 5) is 12.4. The molecule has 0 saturated heterocycles. The van der Waals surface area contributed by atoms with Crippen LogP contribution in [-0.2, 0) is 6.54 Å². The van der Waals surface area contributed by atoms with Gasteiger partial charge in [-0.25, -0.2) is 0 Å². The zero-order chi connectivity index (χ0) is 17.8. The van der Waals surface area contributed by atoms with Crippen LogP contribution in [0.2, 0.25) is 5.02 Å². The van der Waals surface area contributed by atoms with Crippen LogP contribution >= 0.6 is 11.6 Å². The molecule has 6 nitrogen and oxygen atoms in total. The molecule has 2 aromatic heterocycles. The van der Waals surface area contributed by atoms with Crippen molar-refractivity contribution >= 4 is 29.0 Å². The van der Waals surface area contributed by atoms with Crippen molar-refractivity contribution in [3.05, 3.63) is 70.3 Å². The molecule has 0 radical (unpaired) electrons. The van der Waals surface area contributed by atoms with Gasteiger partial charge in [0.15, 0.2) is 5.69 Å². The average Bonchev–Trinajstić information content (AvgIpc) is 3.10. The van der Waals surface area contributed by atoms with Crippen molar-refractivity contribution in [3.8, 4) is 0 Å². The molecule has 25 heavy (non-hydrogen) atoms. The average molecular weight is 357 g/mol. The first-order valence-corrected chi connectivity index (χ1v) is 8.09. The summed E-state index contributed by atoms with van der Waals surface area (Å²) in [6, 6.07) is 10.7. The summed E-state index contributed by atoms with van der Waals surface area (Å²) in [5.74, 6) is 0.976. The monoisotopic (exact) mass is 356 g/mol. The molecule has 2 heterocycles. The Labute approximate surface area is 150 Å².